The highest BCUT2D eigenvalue weighted by molar-refractivity contribution is 5.85. The summed E-state index contributed by atoms with van der Waals surface area (Å²) in [5.74, 6) is 0.639. The van der Waals surface area contributed by atoms with Crippen LogP contribution in [0.25, 0.3) is 0 Å². The predicted octanol–water partition coefficient (Wildman–Crippen LogP) is 1.73. The van der Waals surface area contributed by atoms with E-state index in [9.17, 15) is 0 Å². The van der Waals surface area contributed by atoms with Crippen molar-refractivity contribution in [2.45, 2.75) is 18.8 Å². The smallest absolute Gasteiger partial charge is 0.0668 e. The molecule has 1 unspecified atom stereocenters. The molecule has 1 atom stereocenters. The van der Waals surface area contributed by atoms with E-state index in [1.54, 1.807) is 0 Å². The van der Waals surface area contributed by atoms with Crippen molar-refractivity contribution in [3.63, 3.8) is 0 Å². The maximum Gasteiger partial charge on any atom is 0.0668 e. The molecule has 2 rings (SSSR count). The molecule has 0 aliphatic carbocycles. The van der Waals surface area contributed by atoms with Gasteiger partial charge in [-0.05, 0) is 25.5 Å². The second-order valence-corrected chi connectivity index (χ2v) is 3.46. The van der Waals surface area contributed by atoms with Gasteiger partial charge in [0.25, 0.3) is 0 Å². The lowest BCUT2D eigenvalue weighted by molar-refractivity contribution is 0.451. The molecule has 1 aliphatic heterocycles. The van der Waals surface area contributed by atoms with E-state index >= 15 is 0 Å². The third kappa shape index (κ3) is 3.15. The normalized spacial score (nSPS) is 20.8. The minimum Gasteiger partial charge on any atom is -0.316 e. The van der Waals surface area contributed by atoms with Crippen LogP contribution < -0.4 is 5.32 Å². The van der Waals surface area contributed by atoms with E-state index in [0.717, 1.165) is 6.54 Å². The van der Waals surface area contributed by atoms with Gasteiger partial charge in [0, 0.05) is 25.7 Å². The summed E-state index contributed by atoms with van der Waals surface area (Å²) in [5, 5.41) is 7.80. The number of rotatable bonds is 1. The number of nitrogens with zero attached hydrogens (tertiary/aromatic N) is 2. The molecule has 14 heavy (non-hydrogen) atoms. The number of piperidine rings is 1. The van der Waals surface area contributed by atoms with Gasteiger partial charge in [0.2, 0.25) is 0 Å². The molecule has 1 aliphatic rings. The highest BCUT2D eigenvalue weighted by Crippen LogP contribution is 2.20. The van der Waals surface area contributed by atoms with E-state index in [0.29, 0.717) is 5.92 Å². The average molecular weight is 238 g/mol. The quantitative estimate of drug-likeness (QED) is 0.807. The van der Waals surface area contributed by atoms with Crippen LogP contribution in [0, 0.1) is 0 Å². The first-order chi connectivity index (χ1) is 5.86. The molecule has 1 saturated heterocycles. The van der Waals surface area contributed by atoms with Gasteiger partial charge in [0.05, 0.1) is 5.69 Å². The molecule has 0 spiro atoms. The standard InChI is InChI=1S/C9H15N3.2ClH/c1-12-6-4-9(11-12)8-3-2-5-10-7-8;;/h4,6,8,10H,2-3,5,7H2,1H3;2*1H. The lowest BCUT2D eigenvalue weighted by Crippen LogP contribution is -2.28. The van der Waals surface area contributed by atoms with Crippen molar-refractivity contribution < 1.29 is 0 Å². The highest BCUT2D eigenvalue weighted by atomic mass is 35.5. The SMILES string of the molecule is Cl.Cl.Cn1ccc(C2CCCNC2)n1. The molecule has 0 aromatic carbocycles. The van der Waals surface area contributed by atoms with Crippen LogP contribution in [-0.2, 0) is 7.05 Å². The zero-order valence-corrected chi connectivity index (χ0v) is 9.90. The summed E-state index contributed by atoms with van der Waals surface area (Å²) in [7, 11) is 1.97. The monoisotopic (exact) mass is 237 g/mol. The van der Waals surface area contributed by atoms with Gasteiger partial charge in [-0.15, -0.1) is 24.8 Å². The predicted molar refractivity (Wildman–Crippen MR) is 62.5 cm³/mol. The first-order valence-corrected chi connectivity index (χ1v) is 4.56. The fraction of sp³-hybridized carbons (Fsp3) is 0.667. The van der Waals surface area contributed by atoms with E-state index < -0.39 is 0 Å². The molecule has 82 valence electrons. The zero-order valence-electron chi connectivity index (χ0n) is 8.27. The van der Waals surface area contributed by atoms with Crippen LogP contribution in [0.2, 0.25) is 0 Å². The Morgan fingerprint density at radius 3 is 2.79 bits per heavy atom. The largest absolute Gasteiger partial charge is 0.316 e. The molecule has 0 saturated carbocycles. The Morgan fingerprint density at radius 1 is 1.50 bits per heavy atom. The Bertz CT molecular complexity index is 256. The van der Waals surface area contributed by atoms with Crippen molar-refractivity contribution in [2.24, 2.45) is 7.05 Å². The fourth-order valence-electron chi connectivity index (χ4n) is 1.76. The first-order valence-electron chi connectivity index (χ1n) is 4.56. The van der Waals surface area contributed by atoms with Crippen molar-refractivity contribution in [1.82, 2.24) is 15.1 Å². The van der Waals surface area contributed by atoms with Gasteiger partial charge in [-0.3, -0.25) is 4.68 Å². The summed E-state index contributed by atoms with van der Waals surface area (Å²) in [6.07, 6.45) is 4.58. The first kappa shape index (κ1) is 13.8. The van der Waals surface area contributed by atoms with Crippen molar-refractivity contribution in [3.05, 3.63) is 18.0 Å². The maximum absolute atomic E-state index is 4.41. The third-order valence-electron chi connectivity index (χ3n) is 2.45. The molecule has 1 aromatic heterocycles. The Hall–Kier alpha value is -0.250. The van der Waals surface area contributed by atoms with E-state index in [1.165, 1.54) is 25.1 Å². The van der Waals surface area contributed by atoms with E-state index in [1.807, 2.05) is 17.9 Å². The molecular weight excluding hydrogens is 221 g/mol. The van der Waals surface area contributed by atoms with Crippen molar-refractivity contribution >= 4 is 24.8 Å². The van der Waals surface area contributed by atoms with Crippen molar-refractivity contribution in [2.75, 3.05) is 13.1 Å². The molecule has 0 amide bonds. The average Bonchev–Trinajstić information content (AvgIpc) is 2.54. The number of hydrogen-bond acceptors (Lipinski definition) is 2. The van der Waals surface area contributed by atoms with Crippen LogP contribution in [0.3, 0.4) is 0 Å². The lowest BCUT2D eigenvalue weighted by atomic mass is 9.97. The number of aryl methyl sites for hydroxylation is 1. The summed E-state index contributed by atoms with van der Waals surface area (Å²) in [5.41, 5.74) is 1.24. The van der Waals surface area contributed by atoms with Gasteiger partial charge in [-0.1, -0.05) is 0 Å². The van der Waals surface area contributed by atoms with Gasteiger partial charge in [-0.2, -0.15) is 5.10 Å². The molecule has 0 radical (unpaired) electrons. The van der Waals surface area contributed by atoms with Crippen LogP contribution in [0.5, 0.6) is 0 Å². The van der Waals surface area contributed by atoms with Gasteiger partial charge >= 0.3 is 0 Å². The summed E-state index contributed by atoms with van der Waals surface area (Å²) < 4.78 is 1.88. The van der Waals surface area contributed by atoms with Crippen LogP contribution in [-0.4, -0.2) is 22.9 Å². The van der Waals surface area contributed by atoms with Gasteiger partial charge in [0.1, 0.15) is 0 Å². The van der Waals surface area contributed by atoms with Crippen molar-refractivity contribution in [1.29, 1.82) is 0 Å². The van der Waals surface area contributed by atoms with Crippen LogP contribution in [0.4, 0.5) is 0 Å². The molecule has 1 N–H and O–H groups in total. The second kappa shape index (κ2) is 6.27. The van der Waals surface area contributed by atoms with Gasteiger partial charge in [-0.25, -0.2) is 0 Å². The molecule has 1 fully saturated rings. The topological polar surface area (TPSA) is 29.9 Å². The summed E-state index contributed by atoms with van der Waals surface area (Å²) in [6.45, 7) is 2.26. The number of aromatic nitrogens is 2. The Morgan fingerprint density at radius 2 is 2.29 bits per heavy atom. The molecule has 3 nitrogen and oxygen atoms in total. The molecule has 5 heteroatoms. The van der Waals surface area contributed by atoms with Gasteiger partial charge < -0.3 is 5.32 Å². The van der Waals surface area contributed by atoms with Crippen LogP contribution >= 0.6 is 24.8 Å². The fourth-order valence-corrected chi connectivity index (χ4v) is 1.76. The molecule has 1 aromatic rings. The molecular formula is C9H17Cl2N3. The maximum atomic E-state index is 4.41. The van der Waals surface area contributed by atoms with Gasteiger partial charge in [0.15, 0.2) is 0 Å². The summed E-state index contributed by atoms with van der Waals surface area (Å²) >= 11 is 0. The third-order valence-corrected chi connectivity index (χ3v) is 2.45. The van der Waals surface area contributed by atoms with E-state index in [-0.39, 0.29) is 24.8 Å². The van der Waals surface area contributed by atoms with Crippen LogP contribution in [0.1, 0.15) is 24.5 Å². The number of nitrogens with one attached hydrogen (secondary N) is 1. The van der Waals surface area contributed by atoms with E-state index in [4.69, 9.17) is 0 Å². The Labute approximate surface area is 97.1 Å². The molecule has 2 heterocycles. The lowest BCUT2D eigenvalue weighted by Gasteiger charge is -2.20. The molecule has 0 bridgehead atoms. The Balaban J connectivity index is 0.000000845. The number of hydrogen-bond donors (Lipinski definition) is 1. The van der Waals surface area contributed by atoms with Crippen molar-refractivity contribution in [3.8, 4) is 0 Å². The zero-order chi connectivity index (χ0) is 8.39. The summed E-state index contributed by atoms with van der Waals surface area (Å²) in [6, 6.07) is 2.12. The Kier molecular flexibility index (Phi) is 6.16. The minimum absolute atomic E-state index is 0. The van der Waals surface area contributed by atoms with Crippen LogP contribution in [0.15, 0.2) is 12.3 Å². The number of halogens is 2. The highest BCUT2D eigenvalue weighted by Gasteiger charge is 2.16. The second-order valence-electron chi connectivity index (χ2n) is 3.46. The summed E-state index contributed by atoms with van der Waals surface area (Å²) in [4.78, 5) is 0. The van der Waals surface area contributed by atoms with E-state index in [2.05, 4.69) is 16.5 Å². The minimum atomic E-state index is 0.